The van der Waals surface area contributed by atoms with Gasteiger partial charge < -0.3 is 14.8 Å². The molecule has 64 valence electrons. The molecule has 1 rings (SSSR count). The molecule has 1 saturated heterocycles. The smallest absolute Gasteiger partial charge is 0.335 e. The van der Waals surface area contributed by atoms with Crippen LogP contribution < -0.4 is 5.32 Å². The number of ether oxygens (including phenoxy) is 2. The lowest BCUT2D eigenvalue weighted by atomic mass is 10.2. The van der Waals surface area contributed by atoms with Crippen LogP contribution in [0.15, 0.2) is 0 Å². The second kappa shape index (κ2) is 4.31. The minimum atomic E-state index is -0.366. The largest absolute Gasteiger partial charge is 0.467 e. The molecule has 1 aliphatic rings. The van der Waals surface area contributed by atoms with Crippen molar-refractivity contribution in [2.24, 2.45) is 0 Å². The molecule has 0 saturated carbocycles. The fourth-order valence-corrected chi connectivity index (χ4v) is 1.03. The maximum absolute atomic E-state index is 10.9. The zero-order valence-electron chi connectivity index (χ0n) is 6.63. The quantitative estimate of drug-likeness (QED) is 0.526. The Morgan fingerprint density at radius 2 is 2.45 bits per heavy atom. The summed E-state index contributed by atoms with van der Waals surface area (Å²) >= 11 is 0. The van der Waals surface area contributed by atoms with Crippen molar-refractivity contribution in [2.45, 2.75) is 12.5 Å². The minimum absolute atomic E-state index is 0.270. The van der Waals surface area contributed by atoms with Crippen LogP contribution in [-0.2, 0) is 14.3 Å². The van der Waals surface area contributed by atoms with Gasteiger partial charge in [-0.15, -0.1) is 0 Å². The molecule has 0 unspecified atom stereocenters. The topological polar surface area (TPSA) is 47.6 Å². The van der Waals surface area contributed by atoms with E-state index < -0.39 is 0 Å². The highest BCUT2D eigenvalue weighted by molar-refractivity contribution is 5.74. The Labute approximate surface area is 65.9 Å². The van der Waals surface area contributed by atoms with Crippen molar-refractivity contribution >= 4 is 5.97 Å². The summed E-state index contributed by atoms with van der Waals surface area (Å²) in [5.41, 5.74) is 0. The molecule has 0 amide bonds. The third-order valence-electron chi connectivity index (χ3n) is 1.65. The van der Waals surface area contributed by atoms with Gasteiger partial charge in [-0.2, -0.15) is 0 Å². The number of rotatable bonds is 1. The maximum Gasteiger partial charge on any atom is 0.335 e. The highest BCUT2D eigenvalue weighted by atomic mass is 16.6. The molecule has 0 spiro atoms. The zero-order chi connectivity index (χ0) is 8.10. The Morgan fingerprint density at radius 3 is 3.18 bits per heavy atom. The number of hydrogen-bond acceptors (Lipinski definition) is 4. The lowest BCUT2D eigenvalue weighted by molar-refractivity contribution is -0.153. The number of hydrogen-bond donors (Lipinski definition) is 1. The Kier molecular flexibility index (Phi) is 3.32. The second-order valence-corrected chi connectivity index (χ2v) is 2.42. The molecular formula is C7H13NO3. The third kappa shape index (κ3) is 2.48. The van der Waals surface area contributed by atoms with Crippen LogP contribution in [0.3, 0.4) is 0 Å². The summed E-state index contributed by atoms with van der Waals surface area (Å²) in [5, 5.41) is 3.12. The zero-order valence-corrected chi connectivity index (χ0v) is 6.63. The Bertz CT molecular complexity index is 130. The van der Waals surface area contributed by atoms with E-state index in [0.29, 0.717) is 13.0 Å². The Balaban J connectivity index is 2.36. The third-order valence-corrected chi connectivity index (χ3v) is 1.65. The number of carbonyl (C=O) groups is 1. The van der Waals surface area contributed by atoms with Crippen molar-refractivity contribution in [1.29, 1.82) is 0 Å². The van der Waals surface area contributed by atoms with Crippen molar-refractivity contribution in [2.75, 3.05) is 26.8 Å². The van der Waals surface area contributed by atoms with Crippen LogP contribution in [0.4, 0.5) is 0 Å². The standard InChI is InChI=1S/C7H13NO3/c1-10-7(9)6-2-3-8-4-5-11-6/h6,8H,2-5H2,1H3/t6-/m0/s1. The molecule has 1 aliphatic heterocycles. The molecule has 1 atom stereocenters. The van der Waals surface area contributed by atoms with Crippen molar-refractivity contribution < 1.29 is 14.3 Å². The van der Waals surface area contributed by atoms with Gasteiger partial charge in [0.1, 0.15) is 0 Å². The van der Waals surface area contributed by atoms with E-state index >= 15 is 0 Å². The molecule has 0 aromatic carbocycles. The van der Waals surface area contributed by atoms with Crippen LogP contribution in [0.25, 0.3) is 0 Å². The van der Waals surface area contributed by atoms with Gasteiger partial charge in [0.25, 0.3) is 0 Å². The molecular weight excluding hydrogens is 146 g/mol. The SMILES string of the molecule is COC(=O)[C@@H]1CCNCCO1. The average molecular weight is 159 g/mol. The second-order valence-electron chi connectivity index (χ2n) is 2.42. The van der Waals surface area contributed by atoms with E-state index in [1.807, 2.05) is 0 Å². The summed E-state index contributed by atoms with van der Waals surface area (Å²) in [6.45, 7) is 2.22. The van der Waals surface area contributed by atoms with Gasteiger partial charge in [0.05, 0.1) is 13.7 Å². The predicted molar refractivity (Wildman–Crippen MR) is 39.2 cm³/mol. The molecule has 0 radical (unpaired) electrons. The van der Waals surface area contributed by atoms with Crippen LogP contribution in [0, 0.1) is 0 Å². The Morgan fingerprint density at radius 1 is 1.64 bits per heavy atom. The molecule has 4 heteroatoms. The predicted octanol–water partition coefficient (Wildman–Crippen LogP) is -0.462. The fourth-order valence-electron chi connectivity index (χ4n) is 1.03. The maximum atomic E-state index is 10.9. The first kappa shape index (κ1) is 8.49. The van der Waals surface area contributed by atoms with E-state index in [0.717, 1.165) is 13.1 Å². The van der Waals surface area contributed by atoms with Gasteiger partial charge in [0, 0.05) is 6.54 Å². The fraction of sp³-hybridized carbons (Fsp3) is 0.857. The van der Waals surface area contributed by atoms with Gasteiger partial charge in [-0.05, 0) is 13.0 Å². The molecule has 1 heterocycles. The number of nitrogens with one attached hydrogen (secondary N) is 1. The highest BCUT2D eigenvalue weighted by Gasteiger charge is 2.20. The molecule has 0 bridgehead atoms. The van der Waals surface area contributed by atoms with Crippen molar-refractivity contribution in [3.05, 3.63) is 0 Å². The van der Waals surface area contributed by atoms with E-state index in [9.17, 15) is 4.79 Å². The number of carbonyl (C=O) groups excluding carboxylic acids is 1. The van der Waals surface area contributed by atoms with Crippen LogP contribution in [0.2, 0.25) is 0 Å². The van der Waals surface area contributed by atoms with Gasteiger partial charge in [-0.1, -0.05) is 0 Å². The first-order valence-corrected chi connectivity index (χ1v) is 3.74. The first-order chi connectivity index (χ1) is 5.34. The lowest BCUT2D eigenvalue weighted by Crippen LogP contribution is -2.25. The van der Waals surface area contributed by atoms with Gasteiger partial charge in [0.2, 0.25) is 0 Å². The van der Waals surface area contributed by atoms with Crippen LogP contribution in [0.5, 0.6) is 0 Å². The van der Waals surface area contributed by atoms with Crippen molar-refractivity contribution in [1.82, 2.24) is 5.32 Å². The average Bonchev–Trinajstić information content (AvgIpc) is 2.30. The molecule has 1 fully saturated rings. The van der Waals surface area contributed by atoms with E-state index in [1.54, 1.807) is 0 Å². The van der Waals surface area contributed by atoms with E-state index in [4.69, 9.17) is 4.74 Å². The van der Waals surface area contributed by atoms with Gasteiger partial charge in [-0.25, -0.2) is 4.79 Å². The summed E-state index contributed by atoms with van der Waals surface area (Å²) in [6.07, 6.45) is 0.335. The summed E-state index contributed by atoms with van der Waals surface area (Å²) in [4.78, 5) is 10.9. The molecule has 1 N–H and O–H groups in total. The molecule has 0 aromatic heterocycles. The Hall–Kier alpha value is -0.610. The molecule has 4 nitrogen and oxygen atoms in total. The summed E-state index contributed by atoms with van der Waals surface area (Å²) in [5.74, 6) is -0.270. The summed E-state index contributed by atoms with van der Waals surface area (Å²) in [7, 11) is 1.38. The first-order valence-electron chi connectivity index (χ1n) is 3.74. The highest BCUT2D eigenvalue weighted by Crippen LogP contribution is 2.02. The van der Waals surface area contributed by atoms with Gasteiger partial charge >= 0.3 is 5.97 Å². The monoisotopic (exact) mass is 159 g/mol. The molecule has 11 heavy (non-hydrogen) atoms. The minimum Gasteiger partial charge on any atom is -0.467 e. The van der Waals surface area contributed by atoms with Crippen molar-refractivity contribution in [3.63, 3.8) is 0 Å². The van der Waals surface area contributed by atoms with Crippen molar-refractivity contribution in [3.8, 4) is 0 Å². The summed E-state index contributed by atoms with van der Waals surface area (Å²) < 4.78 is 9.77. The van der Waals surface area contributed by atoms with Crippen LogP contribution in [0.1, 0.15) is 6.42 Å². The van der Waals surface area contributed by atoms with E-state index in [2.05, 4.69) is 10.1 Å². The summed E-state index contributed by atoms with van der Waals surface area (Å²) in [6, 6.07) is 0. The normalized spacial score (nSPS) is 25.7. The number of methoxy groups -OCH3 is 1. The van der Waals surface area contributed by atoms with Crippen LogP contribution in [-0.4, -0.2) is 38.9 Å². The van der Waals surface area contributed by atoms with E-state index in [-0.39, 0.29) is 12.1 Å². The van der Waals surface area contributed by atoms with Gasteiger partial charge in [-0.3, -0.25) is 0 Å². The van der Waals surface area contributed by atoms with E-state index in [1.165, 1.54) is 7.11 Å². The van der Waals surface area contributed by atoms with Gasteiger partial charge in [0.15, 0.2) is 6.10 Å². The number of esters is 1. The molecule has 0 aromatic rings. The lowest BCUT2D eigenvalue weighted by Gasteiger charge is -2.10. The van der Waals surface area contributed by atoms with Crippen LogP contribution >= 0.6 is 0 Å². The molecule has 0 aliphatic carbocycles.